The van der Waals surface area contributed by atoms with Gasteiger partial charge in [-0.15, -0.1) is 0 Å². The van der Waals surface area contributed by atoms with Gasteiger partial charge in [-0.3, -0.25) is 0 Å². The van der Waals surface area contributed by atoms with Gasteiger partial charge in [0.15, 0.2) is 0 Å². The number of carbonyl (C=O) groups is 1. The van der Waals surface area contributed by atoms with Gasteiger partial charge >= 0.3 is 98.0 Å². The van der Waals surface area contributed by atoms with Gasteiger partial charge in [0.25, 0.3) is 0 Å². The number of methoxy groups -OCH3 is 2. The number of hydrogen-bond donors (Lipinski definition) is 0. The van der Waals surface area contributed by atoms with E-state index < -0.39 is 6.83 Å². The van der Waals surface area contributed by atoms with Crippen molar-refractivity contribution in [3.63, 3.8) is 0 Å². The third-order valence-electron chi connectivity index (χ3n) is 3.36. The van der Waals surface area contributed by atoms with Gasteiger partial charge in [0, 0.05) is 0 Å². The van der Waals surface area contributed by atoms with Gasteiger partial charge in [-0.2, -0.15) is 0 Å². The van der Waals surface area contributed by atoms with Crippen LogP contribution in [0.4, 0.5) is 0 Å². The van der Waals surface area contributed by atoms with E-state index in [1.54, 1.807) is 7.11 Å². The van der Waals surface area contributed by atoms with Crippen molar-refractivity contribution in [3.05, 3.63) is 0 Å². The van der Waals surface area contributed by atoms with Crippen molar-refractivity contribution in [1.29, 1.82) is 0 Å². The Labute approximate surface area is 98.6 Å². The van der Waals surface area contributed by atoms with E-state index in [9.17, 15) is 4.79 Å². The van der Waals surface area contributed by atoms with Gasteiger partial charge in [0.2, 0.25) is 0 Å². The molecule has 0 unspecified atom stereocenters. The Balaban J connectivity index is 4.71. The van der Waals surface area contributed by atoms with E-state index >= 15 is 0 Å². The van der Waals surface area contributed by atoms with E-state index in [4.69, 9.17) is 14.0 Å². The molecule has 0 aromatic carbocycles. The summed E-state index contributed by atoms with van der Waals surface area (Å²) >= 11 is 0. The van der Waals surface area contributed by atoms with Crippen molar-refractivity contribution >= 4 is 12.8 Å². The quantitative estimate of drug-likeness (QED) is 0.619. The predicted octanol–water partition coefficient (Wildman–Crippen LogP) is 1.96. The zero-order chi connectivity index (χ0) is 12.7. The van der Waals surface area contributed by atoms with Crippen LogP contribution in [0.15, 0.2) is 0 Å². The number of ether oxygens (including phenoxy) is 2. The van der Waals surface area contributed by atoms with E-state index in [0.29, 0.717) is 6.61 Å². The first-order chi connectivity index (χ1) is 7.43. The Hall–Kier alpha value is -0.180. The molecular weight excluding hydrogens is 227 g/mol. The SMILES string of the molecule is CCP(C)(CC)(CCOC)OC(=O)COC. The molecule has 0 aliphatic rings. The third-order valence-corrected chi connectivity index (χ3v) is 9.15. The minimum atomic E-state index is -2.40. The monoisotopic (exact) mass is 252 g/mol. The maximum absolute atomic E-state index is 11.6. The summed E-state index contributed by atoms with van der Waals surface area (Å²) in [6, 6.07) is 0. The van der Waals surface area contributed by atoms with Gasteiger partial charge in [-0.1, -0.05) is 0 Å². The first kappa shape index (κ1) is 15.8. The number of rotatable bonds is 8. The molecule has 0 heterocycles. The molecule has 5 heteroatoms. The normalized spacial score (nSPS) is 14.2. The fraction of sp³-hybridized carbons (Fsp3) is 0.909. The molecular formula is C11H25O4P. The second-order valence-electron chi connectivity index (χ2n) is 4.43. The molecule has 0 fully saturated rings. The van der Waals surface area contributed by atoms with Crippen LogP contribution in [0, 0.1) is 0 Å². The molecule has 0 N–H and O–H groups in total. The molecule has 0 saturated heterocycles. The fourth-order valence-corrected chi connectivity index (χ4v) is 4.34. The summed E-state index contributed by atoms with van der Waals surface area (Å²) in [7, 11) is 3.17. The van der Waals surface area contributed by atoms with Crippen molar-refractivity contribution in [2.45, 2.75) is 13.8 Å². The first-order valence-electron chi connectivity index (χ1n) is 5.65. The molecule has 0 atom stereocenters. The molecule has 0 aromatic heterocycles. The van der Waals surface area contributed by atoms with Crippen molar-refractivity contribution in [1.82, 2.24) is 0 Å². The fourth-order valence-electron chi connectivity index (χ4n) is 1.53. The molecule has 16 heavy (non-hydrogen) atoms. The summed E-state index contributed by atoms with van der Waals surface area (Å²) in [5.41, 5.74) is 0. The van der Waals surface area contributed by atoms with E-state index in [0.717, 1.165) is 18.5 Å². The van der Waals surface area contributed by atoms with Crippen LogP contribution in [-0.2, 0) is 18.8 Å². The Kier molecular flexibility index (Phi) is 6.46. The van der Waals surface area contributed by atoms with Crippen LogP contribution in [0.25, 0.3) is 0 Å². The molecule has 0 amide bonds. The molecule has 0 saturated carbocycles. The molecule has 0 rings (SSSR count). The average molecular weight is 252 g/mol. The van der Waals surface area contributed by atoms with Crippen molar-refractivity contribution < 1.29 is 18.8 Å². The number of hydrogen-bond acceptors (Lipinski definition) is 4. The van der Waals surface area contributed by atoms with Crippen LogP contribution in [0.5, 0.6) is 0 Å². The first-order valence-corrected chi connectivity index (χ1v) is 8.81. The molecule has 4 nitrogen and oxygen atoms in total. The second-order valence-corrected chi connectivity index (χ2v) is 10.7. The third kappa shape index (κ3) is 4.36. The van der Waals surface area contributed by atoms with Crippen molar-refractivity contribution in [3.8, 4) is 0 Å². The van der Waals surface area contributed by atoms with Crippen LogP contribution in [0.1, 0.15) is 13.8 Å². The Morgan fingerprint density at radius 1 is 1.12 bits per heavy atom. The summed E-state index contributed by atoms with van der Waals surface area (Å²) < 4.78 is 15.7. The average Bonchev–Trinajstić information content (AvgIpc) is 2.27. The summed E-state index contributed by atoms with van der Waals surface area (Å²) in [4.78, 5) is 11.6. The summed E-state index contributed by atoms with van der Waals surface area (Å²) in [6.07, 6.45) is 2.60. The maximum atomic E-state index is 11.6. The Morgan fingerprint density at radius 2 is 1.69 bits per heavy atom. The standard InChI is InChI=1S/C11H25O4P/c1-6-16(5,7-2,9-8-13-3)15-11(12)10-14-4/h6-10H2,1-5H3. The number of carbonyl (C=O) groups excluding carboxylic acids is 1. The van der Waals surface area contributed by atoms with Gasteiger partial charge in [0.1, 0.15) is 0 Å². The second kappa shape index (κ2) is 6.53. The van der Waals surface area contributed by atoms with Gasteiger partial charge in [0.05, 0.1) is 0 Å². The minimum absolute atomic E-state index is 0.0265. The Bertz CT molecular complexity index is 226. The van der Waals surface area contributed by atoms with Gasteiger partial charge in [-0.25, -0.2) is 0 Å². The summed E-state index contributed by atoms with van der Waals surface area (Å²) in [5.74, 6) is -0.262. The van der Waals surface area contributed by atoms with E-state index in [1.807, 2.05) is 0 Å². The summed E-state index contributed by atoms with van der Waals surface area (Å²) in [5, 5.41) is 0. The van der Waals surface area contributed by atoms with E-state index in [2.05, 4.69) is 20.5 Å². The topological polar surface area (TPSA) is 44.8 Å². The molecule has 0 aromatic rings. The molecule has 0 bridgehead atoms. The predicted molar refractivity (Wildman–Crippen MR) is 68.6 cm³/mol. The van der Waals surface area contributed by atoms with Crippen LogP contribution in [0.2, 0.25) is 0 Å². The zero-order valence-electron chi connectivity index (χ0n) is 11.1. The molecule has 0 spiro atoms. The molecule has 0 aliphatic heterocycles. The zero-order valence-corrected chi connectivity index (χ0v) is 12.0. The Morgan fingerprint density at radius 3 is 2.06 bits per heavy atom. The van der Waals surface area contributed by atoms with Crippen LogP contribution in [-0.4, -0.2) is 58.6 Å². The molecule has 0 radical (unpaired) electrons. The van der Waals surface area contributed by atoms with Crippen LogP contribution < -0.4 is 0 Å². The molecule has 0 aliphatic carbocycles. The van der Waals surface area contributed by atoms with E-state index in [1.165, 1.54) is 7.11 Å². The van der Waals surface area contributed by atoms with Gasteiger partial charge < -0.3 is 0 Å². The van der Waals surface area contributed by atoms with Crippen molar-refractivity contribution in [2.75, 3.05) is 52.6 Å². The van der Waals surface area contributed by atoms with Crippen LogP contribution in [0.3, 0.4) is 0 Å². The van der Waals surface area contributed by atoms with Crippen LogP contribution >= 0.6 is 6.83 Å². The van der Waals surface area contributed by atoms with E-state index in [-0.39, 0.29) is 12.6 Å². The van der Waals surface area contributed by atoms with Crippen molar-refractivity contribution in [2.24, 2.45) is 0 Å². The van der Waals surface area contributed by atoms with Gasteiger partial charge in [-0.05, 0) is 0 Å². The summed E-state index contributed by atoms with van der Waals surface area (Å²) in [6.45, 7) is 4.54. The molecule has 98 valence electrons.